The molecular formula is C30H52O4. The number of fused-ring (bicyclic) bond motifs is 5. The summed E-state index contributed by atoms with van der Waals surface area (Å²) in [5.41, 5.74) is -0.230. The third-order valence-corrected chi connectivity index (χ3v) is 12.3. The van der Waals surface area contributed by atoms with E-state index in [1.807, 2.05) is 6.92 Å². The van der Waals surface area contributed by atoms with Crippen molar-refractivity contribution >= 4 is 0 Å². The maximum absolute atomic E-state index is 11.8. The molecule has 4 heteroatoms. The molecule has 4 fully saturated rings. The summed E-state index contributed by atoms with van der Waals surface area (Å²) in [5, 5.41) is 46.0. The van der Waals surface area contributed by atoms with Crippen molar-refractivity contribution in [3.05, 3.63) is 11.6 Å². The quantitative estimate of drug-likeness (QED) is 0.406. The third-order valence-electron chi connectivity index (χ3n) is 12.3. The van der Waals surface area contributed by atoms with Gasteiger partial charge in [-0.2, -0.15) is 0 Å². The van der Waals surface area contributed by atoms with Crippen LogP contribution in [0.25, 0.3) is 0 Å². The van der Waals surface area contributed by atoms with Crippen molar-refractivity contribution in [2.45, 2.75) is 131 Å². The number of rotatable bonds is 4. The molecule has 11 atom stereocenters. The summed E-state index contributed by atoms with van der Waals surface area (Å²) in [7, 11) is 0. The summed E-state index contributed by atoms with van der Waals surface area (Å²) in [6.07, 6.45) is 7.54. The lowest BCUT2D eigenvalue weighted by atomic mass is 9.34. The zero-order valence-electron chi connectivity index (χ0n) is 23.1. The van der Waals surface area contributed by atoms with Crippen LogP contribution in [0, 0.1) is 45.3 Å². The zero-order valence-corrected chi connectivity index (χ0v) is 23.1. The number of hydrogen-bond acceptors (Lipinski definition) is 4. The molecule has 0 amide bonds. The van der Waals surface area contributed by atoms with Crippen LogP contribution in [-0.4, -0.2) is 44.3 Å². The Morgan fingerprint density at radius 3 is 2.21 bits per heavy atom. The highest BCUT2D eigenvalue weighted by Gasteiger charge is 2.72. The monoisotopic (exact) mass is 476 g/mol. The van der Waals surface area contributed by atoms with Gasteiger partial charge in [-0.1, -0.05) is 46.3 Å². The van der Waals surface area contributed by atoms with Crippen molar-refractivity contribution in [3.8, 4) is 0 Å². The lowest BCUT2D eigenvalue weighted by Gasteiger charge is -2.71. The Morgan fingerprint density at radius 1 is 0.941 bits per heavy atom. The molecule has 4 nitrogen and oxygen atoms in total. The molecule has 0 bridgehead atoms. The van der Waals surface area contributed by atoms with Crippen molar-refractivity contribution in [3.63, 3.8) is 0 Å². The Morgan fingerprint density at radius 2 is 1.59 bits per heavy atom. The molecule has 0 heterocycles. The summed E-state index contributed by atoms with van der Waals surface area (Å²) in [6, 6.07) is 0. The standard InChI is InChI=1S/C30H52O4/c1-18(2)10-9-13-30(8,34)19-11-15-28(6)24(19)20(31)16-22-27(5)14-12-23(33)26(3,4)25(27)21(32)17-29(22,28)7/h10,19-25,31-34H,9,11-17H2,1-8H3/t19?,20?,21?,22?,23?,24?,25?,27?,28-,29?,30?/m1/s1. The topological polar surface area (TPSA) is 80.9 Å². The van der Waals surface area contributed by atoms with Crippen molar-refractivity contribution in [1.82, 2.24) is 0 Å². The Hall–Kier alpha value is -0.420. The second-order valence-electron chi connectivity index (χ2n) is 14.7. The molecule has 4 rings (SSSR count). The van der Waals surface area contributed by atoms with E-state index in [9.17, 15) is 20.4 Å². The second kappa shape index (κ2) is 8.30. The summed E-state index contributed by atoms with van der Waals surface area (Å²) in [6.45, 7) is 17.5. The van der Waals surface area contributed by atoms with Crippen molar-refractivity contribution in [2.24, 2.45) is 45.3 Å². The molecule has 196 valence electrons. The molecule has 4 aliphatic carbocycles. The highest BCUT2D eigenvalue weighted by molar-refractivity contribution is 5.21. The molecule has 0 aromatic rings. The fourth-order valence-electron chi connectivity index (χ4n) is 10.5. The molecule has 0 radical (unpaired) electrons. The van der Waals surface area contributed by atoms with Crippen molar-refractivity contribution in [2.75, 3.05) is 0 Å². The zero-order chi connectivity index (χ0) is 25.5. The molecule has 4 aliphatic rings. The van der Waals surface area contributed by atoms with E-state index >= 15 is 0 Å². The number of hydrogen-bond donors (Lipinski definition) is 4. The average molecular weight is 477 g/mol. The summed E-state index contributed by atoms with van der Waals surface area (Å²) < 4.78 is 0. The van der Waals surface area contributed by atoms with Crippen LogP contribution in [0.4, 0.5) is 0 Å². The molecular weight excluding hydrogens is 424 g/mol. The fraction of sp³-hybridized carbons (Fsp3) is 0.933. The van der Waals surface area contributed by atoms with Crippen LogP contribution in [-0.2, 0) is 0 Å². The molecule has 0 aliphatic heterocycles. The van der Waals surface area contributed by atoms with Crippen LogP contribution in [0.1, 0.15) is 107 Å². The first-order chi connectivity index (χ1) is 15.5. The molecule has 34 heavy (non-hydrogen) atoms. The van der Waals surface area contributed by atoms with Gasteiger partial charge in [0.15, 0.2) is 0 Å². The Bertz CT molecular complexity index is 813. The molecule has 0 aromatic carbocycles. The van der Waals surface area contributed by atoms with Crippen LogP contribution in [0.3, 0.4) is 0 Å². The van der Waals surface area contributed by atoms with E-state index in [0.29, 0.717) is 5.92 Å². The molecule has 0 aromatic heterocycles. The second-order valence-corrected chi connectivity index (χ2v) is 14.7. The van der Waals surface area contributed by atoms with Crippen LogP contribution in [0.2, 0.25) is 0 Å². The normalized spacial score (nSPS) is 51.6. The fourth-order valence-corrected chi connectivity index (χ4v) is 10.5. The Labute approximate surface area is 208 Å². The first kappa shape index (κ1) is 26.6. The van der Waals surface area contributed by atoms with Gasteiger partial charge < -0.3 is 20.4 Å². The lowest BCUT2D eigenvalue weighted by molar-refractivity contribution is -0.274. The molecule has 0 spiro atoms. The molecule has 4 saturated carbocycles. The molecule has 4 N–H and O–H groups in total. The maximum atomic E-state index is 11.8. The lowest BCUT2D eigenvalue weighted by Crippen LogP contribution is -2.69. The highest BCUT2D eigenvalue weighted by Crippen LogP contribution is 2.75. The van der Waals surface area contributed by atoms with Gasteiger partial charge in [-0.05, 0) is 117 Å². The summed E-state index contributed by atoms with van der Waals surface area (Å²) in [5.74, 6) is 0.442. The molecule has 10 unspecified atom stereocenters. The minimum Gasteiger partial charge on any atom is -0.393 e. The van der Waals surface area contributed by atoms with E-state index < -0.39 is 23.9 Å². The van der Waals surface area contributed by atoms with Gasteiger partial charge in [0, 0.05) is 0 Å². The van der Waals surface area contributed by atoms with E-state index in [4.69, 9.17) is 0 Å². The SMILES string of the molecule is CC(C)=CCCC(C)(O)C1CC[C@]2(C)C1C(O)CC1C3(C)CCC(O)C(C)(C)C3C(O)CC12C. The van der Waals surface area contributed by atoms with E-state index in [1.54, 1.807) is 0 Å². The van der Waals surface area contributed by atoms with Gasteiger partial charge in [0.1, 0.15) is 0 Å². The van der Waals surface area contributed by atoms with Gasteiger partial charge >= 0.3 is 0 Å². The van der Waals surface area contributed by atoms with E-state index in [2.05, 4.69) is 54.5 Å². The largest absolute Gasteiger partial charge is 0.393 e. The number of aliphatic hydroxyl groups excluding tert-OH is 3. The van der Waals surface area contributed by atoms with Gasteiger partial charge in [-0.15, -0.1) is 0 Å². The Balaban J connectivity index is 1.70. The maximum Gasteiger partial charge on any atom is 0.0654 e. The minimum atomic E-state index is -0.810. The Kier molecular flexibility index (Phi) is 6.50. The van der Waals surface area contributed by atoms with Gasteiger partial charge in [-0.3, -0.25) is 0 Å². The van der Waals surface area contributed by atoms with Crippen molar-refractivity contribution in [1.29, 1.82) is 0 Å². The van der Waals surface area contributed by atoms with Crippen LogP contribution in [0.5, 0.6) is 0 Å². The van der Waals surface area contributed by atoms with Crippen LogP contribution >= 0.6 is 0 Å². The number of allylic oxidation sites excluding steroid dienone is 2. The third kappa shape index (κ3) is 3.60. The van der Waals surface area contributed by atoms with Crippen LogP contribution < -0.4 is 0 Å². The first-order valence-corrected chi connectivity index (χ1v) is 13.9. The van der Waals surface area contributed by atoms with Gasteiger partial charge in [0.2, 0.25) is 0 Å². The predicted molar refractivity (Wildman–Crippen MR) is 137 cm³/mol. The minimum absolute atomic E-state index is 0.0264. The van der Waals surface area contributed by atoms with E-state index in [0.717, 1.165) is 51.4 Å². The summed E-state index contributed by atoms with van der Waals surface area (Å²) >= 11 is 0. The first-order valence-electron chi connectivity index (χ1n) is 13.9. The number of aliphatic hydroxyl groups is 4. The summed E-state index contributed by atoms with van der Waals surface area (Å²) in [4.78, 5) is 0. The molecule has 0 saturated heterocycles. The van der Waals surface area contributed by atoms with Crippen LogP contribution in [0.15, 0.2) is 11.6 Å². The van der Waals surface area contributed by atoms with Gasteiger partial charge in [0.25, 0.3) is 0 Å². The smallest absolute Gasteiger partial charge is 0.0654 e. The highest BCUT2D eigenvalue weighted by atomic mass is 16.3. The van der Waals surface area contributed by atoms with E-state index in [1.165, 1.54) is 5.57 Å². The van der Waals surface area contributed by atoms with E-state index in [-0.39, 0.29) is 39.4 Å². The van der Waals surface area contributed by atoms with Gasteiger partial charge in [0.05, 0.1) is 23.9 Å². The predicted octanol–water partition coefficient (Wildman–Crippen LogP) is 5.47. The van der Waals surface area contributed by atoms with Crippen molar-refractivity contribution < 1.29 is 20.4 Å². The van der Waals surface area contributed by atoms with Gasteiger partial charge in [-0.25, -0.2) is 0 Å². The average Bonchev–Trinajstić information content (AvgIpc) is 3.07.